The van der Waals surface area contributed by atoms with Gasteiger partial charge in [0.1, 0.15) is 5.76 Å². The van der Waals surface area contributed by atoms with Crippen LogP contribution in [-0.2, 0) is 0 Å². The van der Waals surface area contributed by atoms with E-state index in [1.165, 1.54) is 0 Å². The third kappa shape index (κ3) is 2.38. The molecule has 1 aromatic heterocycles. The molecular formula is C10H20N2OSi. The van der Waals surface area contributed by atoms with Gasteiger partial charge in [0.2, 0.25) is 0 Å². The maximum atomic E-state index is 5.03. The van der Waals surface area contributed by atoms with Crippen LogP contribution < -0.4 is 4.98 Å². The highest BCUT2D eigenvalue weighted by atomic mass is 28.3. The van der Waals surface area contributed by atoms with E-state index >= 15 is 0 Å². The third-order valence-electron chi connectivity index (χ3n) is 2.94. The Kier molecular flexibility index (Phi) is 2.76. The number of nitrogens with zero attached hydrogens (tertiary/aromatic N) is 1. The van der Waals surface area contributed by atoms with Crippen LogP contribution >= 0.6 is 0 Å². The molecule has 0 aliphatic carbocycles. The first kappa shape index (κ1) is 11.3. The van der Waals surface area contributed by atoms with Gasteiger partial charge in [-0.2, -0.15) is 0 Å². The van der Waals surface area contributed by atoms with Gasteiger partial charge in [-0.3, -0.25) is 0 Å². The molecule has 0 amide bonds. The Bertz CT molecular complexity index is 312. The number of aromatic nitrogens is 1. The number of rotatable bonds is 2. The smallest absolute Gasteiger partial charge is 0.161 e. The molecule has 4 heteroatoms. The highest BCUT2D eigenvalue weighted by molar-refractivity contribution is 6.82. The van der Waals surface area contributed by atoms with Crippen LogP contribution in [0.1, 0.15) is 26.5 Å². The van der Waals surface area contributed by atoms with Gasteiger partial charge in [-0.15, -0.1) is 0 Å². The van der Waals surface area contributed by atoms with E-state index in [0.717, 1.165) is 11.6 Å². The summed E-state index contributed by atoms with van der Waals surface area (Å²) in [5, 5.41) is 4.27. The third-order valence-corrected chi connectivity index (χ3v) is 7.57. The van der Waals surface area contributed by atoms with E-state index in [1.807, 2.05) is 13.0 Å². The largest absolute Gasteiger partial charge is 0.393 e. The van der Waals surface area contributed by atoms with Gasteiger partial charge >= 0.3 is 0 Å². The molecule has 0 aromatic carbocycles. The molecular weight excluding hydrogens is 192 g/mol. The van der Waals surface area contributed by atoms with Crippen molar-refractivity contribution in [2.45, 2.75) is 45.8 Å². The van der Waals surface area contributed by atoms with E-state index < -0.39 is 8.24 Å². The average Bonchev–Trinajstić information content (AvgIpc) is 2.31. The number of hydrogen-bond donors (Lipinski definition) is 1. The van der Waals surface area contributed by atoms with Crippen LogP contribution in [0.2, 0.25) is 18.1 Å². The van der Waals surface area contributed by atoms with Crippen molar-refractivity contribution < 1.29 is 4.52 Å². The molecule has 1 aromatic rings. The monoisotopic (exact) mass is 212 g/mol. The SMILES string of the molecule is Cc1cc(N[Si](C)(C)C(C)(C)C)no1. The van der Waals surface area contributed by atoms with Crippen LogP contribution in [0.3, 0.4) is 0 Å². The zero-order valence-electron chi connectivity index (χ0n) is 9.93. The van der Waals surface area contributed by atoms with Gasteiger partial charge < -0.3 is 9.51 Å². The Morgan fingerprint density at radius 2 is 1.93 bits per heavy atom. The molecule has 0 atom stereocenters. The maximum Gasteiger partial charge on any atom is 0.161 e. The lowest BCUT2D eigenvalue weighted by Gasteiger charge is -2.36. The Morgan fingerprint density at radius 1 is 1.36 bits per heavy atom. The number of nitrogens with one attached hydrogen (secondary N) is 1. The molecule has 1 N–H and O–H groups in total. The predicted octanol–water partition coefficient (Wildman–Crippen LogP) is 3.40. The van der Waals surface area contributed by atoms with Crippen molar-refractivity contribution in [3.8, 4) is 0 Å². The molecule has 0 saturated heterocycles. The van der Waals surface area contributed by atoms with Crippen LogP contribution in [0.25, 0.3) is 0 Å². The second kappa shape index (κ2) is 3.42. The lowest BCUT2D eigenvalue weighted by atomic mass is 10.2. The molecule has 14 heavy (non-hydrogen) atoms. The summed E-state index contributed by atoms with van der Waals surface area (Å²) in [6.45, 7) is 13.3. The lowest BCUT2D eigenvalue weighted by molar-refractivity contribution is 0.400. The van der Waals surface area contributed by atoms with E-state index in [9.17, 15) is 0 Å². The van der Waals surface area contributed by atoms with Gasteiger partial charge in [0.05, 0.1) is 0 Å². The highest BCUT2D eigenvalue weighted by Gasteiger charge is 2.36. The summed E-state index contributed by atoms with van der Waals surface area (Å²) in [6, 6.07) is 1.94. The molecule has 0 aliphatic heterocycles. The van der Waals surface area contributed by atoms with Crippen molar-refractivity contribution in [3.05, 3.63) is 11.8 Å². The van der Waals surface area contributed by atoms with Crippen molar-refractivity contribution in [2.24, 2.45) is 0 Å². The van der Waals surface area contributed by atoms with Crippen LogP contribution in [0.15, 0.2) is 10.6 Å². The van der Waals surface area contributed by atoms with Gasteiger partial charge in [-0.25, -0.2) is 0 Å². The summed E-state index contributed by atoms with van der Waals surface area (Å²) in [7, 11) is -1.50. The minimum absolute atomic E-state index is 0.305. The molecule has 0 spiro atoms. The summed E-state index contributed by atoms with van der Waals surface area (Å²) >= 11 is 0. The van der Waals surface area contributed by atoms with E-state index in [-0.39, 0.29) is 0 Å². The molecule has 0 unspecified atom stereocenters. The van der Waals surface area contributed by atoms with Crippen molar-refractivity contribution >= 4 is 14.1 Å². The summed E-state index contributed by atoms with van der Waals surface area (Å²) in [5.74, 6) is 1.72. The first-order valence-corrected chi connectivity index (χ1v) is 7.94. The summed E-state index contributed by atoms with van der Waals surface area (Å²) < 4.78 is 5.03. The zero-order chi connectivity index (χ0) is 11.0. The van der Waals surface area contributed by atoms with E-state index in [1.54, 1.807) is 0 Å². The molecule has 0 radical (unpaired) electrons. The van der Waals surface area contributed by atoms with E-state index in [4.69, 9.17) is 4.52 Å². The fourth-order valence-electron chi connectivity index (χ4n) is 0.933. The minimum Gasteiger partial charge on any atom is -0.393 e. The predicted molar refractivity (Wildman–Crippen MR) is 62.1 cm³/mol. The Hall–Kier alpha value is -0.773. The average molecular weight is 212 g/mol. The Labute approximate surface area is 87.0 Å². The van der Waals surface area contributed by atoms with E-state index in [2.05, 4.69) is 44.0 Å². The lowest BCUT2D eigenvalue weighted by Crippen LogP contribution is -2.45. The van der Waals surface area contributed by atoms with Gasteiger partial charge in [0, 0.05) is 6.07 Å². The molecule has 0 aliphatic rings. The van der Waals surface area contributed by atoms with Gasteiger partial charge in [-0.1, -0.05) is 39.0 Å². The first-order valence-electron chi connectivity index (χ1n) is 4.94. The van der Waals surface area contributed by atoms with Crippen molar-refractivity contribution in [1.82, 2.24) is 5.16 Å². The topological polar surface area (TPSA) is 38.1 Å². The first-order chi connectivity index (χ1) is 6.22. The Balaban J connectivity index is 2.78. The van der Waals surface area contributed by atoms with Crippen LogP contribution in [-0.4, -0.2) is 13.4 Å². The van der Waals surface area contributed by atoms with Gasteiger partial charge in [-0.05, 0) is 12.0 Å². The normalized spacial score (nSPS) is 13.0. The van der Waals surface area contributed by atoms with Crippen molar-refractivity contribution in [3.63, 3.8) is 0 Å². The fourth-order valence-corrected chi connectivity index (χ4v) is 2.07. The van der Waals surface area contributed by atoms with E-state index in [0.29, 0.717) is 5.04 Å². The summed E-state index contributed by atoms with van der Waals surface area (Å²) in [5.41, 5.74) is 0. The van der Waals surface area contributed by atoms with Crippen LogP contribution in [0.4, 0.5) is 5.82 Å². The molecule has 0 saturated carbocycles. The van der Waals surface area contributed by atoms with Gasteiger partial charge in [0.25, 0.3) is 0 Å². The second-order valence-corrected chi connectivity index (χ2v) is 10.3. The maximum absolute atomic E-state index is 5.03. The molecule has 80 valence electrons. The van der Waals surface area contributed by atoms with Crippen molar-refractivity contribution in [1.29, 1.82) is 0 Å². The minimum atomic E-state index is -1.50. The summed E-state index contributed by atoms with van der Waals surface area (Å²) in [4.78, 5) is 3.51. The quantitative estimate of drug-likeness (QED) is 0.764. The molecule has 0 bridgehead atoms. The van der Waals surface area contributed by atoms with Gasteiger partial charge in [0.15, 0.2) is 14.1 Å². The van der Waals surface area contributed by atoms with Crippen LogP contribution in [0.5, 0.6) is 0 Å². The molecule has 0 fully saturated rings. The number of hydrogen-bond acceptors (Lipinski definition) is 3. The molecule has 3 nitrogen and oxygen atoms in total. The fraction of sp³-hybridized carbons (Fsp3) is 0.700. The number of anilines is 1. The van der Waals surface area contributed by atoms with Crippen molar-refractivity contribution in [2.75, 3.05) is 4.98 Å². The molecule has 1 rings (SSSR count). The van der Waals surface area contributed by atoms with Crippen LogP contribution in [0, 0.1) is 6.92 Å². The molecule has 1 heterocycles. The summed E-state index contributed by atoms with van der Waals surface area (Å²) in [6.07, 6.45) is 0. The highest BCUT2D eigenvalue weighted by Crippen LogP contribution is 2.36. The standard InChI is InChI=1S/C10H20N2OSi/c1-8-7-9(11-13-8)12-14(5,6)10(2,3)4/h7H,1-6H3,(H,11,12). The zero-order valence-corrected chi connectivity index (χ0v) is 10.9. The second-order valence-electron chi connectivity index (χ2n) is 5.32. The Morgan fingerprint density at radius 3 is 2.29 bits per heavy atom. The number of aryl methyl sites for hydroxylation is 1.